The van der Waals surface area contributed by atoms with Crippen LogP contribution in [0, 0.1) is 0 Å². The van der Waals surface area contributed by atoms with Crippen LogP contribution in [0.2, 0.25) is 0 Å². The summed E-state index contributed by atoms with van der Waals surface area (Å²) >= 11 is 6.42. The van der Waals surface area contributed by atoms with Crippen LogP contribution in [-0.4, -0.2) is 21.5 Å². The summed E-state index contributed by atoms with van der Waals surface area (Å²) in [5.74, 6) is -0.773. The van der Waals surface area contributed by atoms with Crippen LogP contribution in [0.5, 0.6) is 5.75 Å². The van der Waals surface area contributed by atoms with Gasteiger partial charge in [-0.05, 0) is 46.3 Å². The van der Waals surface area contributed by atoms with Gasteiger partial charge in [0.05, 0.1) is 7.11 Å². The van der Waals surface area contributed by atoms with Gasteiger partial charge in [0.2, 0.25) is 0 Å². The smallest absolute Gasteiger partial charge is 0.341 e. The molecule has 0 atom stereocenters. The first-order valence-electron chi connectivity index (χ1n) is 5.92. The van der Waals surface area contributed by atoms with E-state index in [1.54, 1.807) is 24.3 Å². The summed E-state index contributed by atoms with van der Waals surface area (Å²) in [4.78, 5) is 11.6. The molecule has 0 unspecified atom stereocenters. The van der Waals surface area contributed by atoms with Crippen LogP contribution in [-0.2, 0) is 14.9 Å². The predicted molar refractivity (Wildman–Crippen MR) is 87.4 cm³/mol. The van der Waals surface area contributed by atoms with Crippen LogP contribution in [0.4, 0.5) is 0 Å². The lowest BCUT2D eigenvalue weighted by atomic mass is 10.2. The average Bonchev–Trinajstić information content (AvgIpc) is 2.46. The second-order valence-electron chi connectivity index (χ2n) is 4.10. The maximum absolute atomic E-state index is 12.4. The van der Waals surface area contributed by atoms with E-state index < -0.39 is 16.1 Å². The van der Waals surface area contributed by atoms with Crippen molar-refractivity contribution in [3.8, 4) is 5.75 Å². The molecular formula is C14H10Br2O5S. The SMILES string of the molecule is COC(=O)c1ccccc1OS(=O)(=O)c1ccc(Br)cc1Br. The second kappa shape index (κ2) is 6.80. The normalized spacial score (nSPS) is 11.0. The zero-order valence-corrected chi connectivity index (χ0v) is 15.2. The van der Waals surface area contributed by atoms with Crippen molar-refractivity contribution in [2.24, 2.45) is 0 Å². The van der Waals surface area contributed by atoms with E-state index in [-0.39, 0.29) is 16.2 Å². The van der Waals surface area contributed by atoms with Crippen molar-refractivity contribution < 1.29 is 22.1 Å². The fourth-order valence-electron chi connectivity index (χ4n) is 1.66. The Bertz CT molecular complexity index is 818. The molecule has 2 aromatic rings. The van der Waals surface area contributed by atoms with Gasteiger partial charge in [0, 0.05) is 8.95 Å². The lowest BCUT2D eigenvalue weighted by molar-refractivity contribution is 0.0599. The molecule has 0 heterocycles. The van der Waals surface area contributed by atoms with E-state index in [9.17, 15) is 13.2 Å². The fraction of sp³-hybridized carbons (Fsp3) is 0.0714. The molecular weight excluding hydrogens is 440 g/mol. The minimum absolute atomic E-state index is 0.0295. The molecule has 0 amide bonds. The quantitative estimate of drug-likeness (QED) is 0.524. The fourth-order valence-corrected chi connectivity index (χ4v) is 4.30. The second-order valence-corrected chi connectivity index (χ2v) is 7.38. The van der Waals surface area contributed by atoms with Crippen molar-refractivity contribution in [3.05, 3.63) is 57.0 Å². The van der Waals surface area contributed by atoms with Crippen molar-refractivity contribution in [2.45, 2.75) is 4.90 Å². The van der Waals surface area contributed by atoms with Crippen molar-refractivity contribution in [3.63, 3.8) is 0 Å². The molecule has 0 saturated heterocycles. The van der Waals surface area contributed by atoms with E-state index in [4.69, 9.17) is 4.18 Å². The molecule has 5 nitrogen and oxygen atoms in total. The van der Waals surface area contributed by atoms with Crippen molar-refractivity contribution in [2.75, 3.05) is 7.11 Å². The van der Waals surface area contributed by atoms with Crippen molar-refractivity contribution >= 4 is 47.9 Å². The zero-order valence-electron chi connectivity index (χ0n) is 11.2. The van der Waals surface area contributed by atoms with Crippen molar-refractivity contribution in [1.29, 1.82) is 0 Å². The molecule has 8 heteroatoms. The Kier molecular flexibility index (Phi) is 5.25. The summed E-state index contributed by atoms with van der Waals surface area (Å²) in [5.41, 5.74) is 0.0295. The third kappa shape index (κ3) is 3.68. The molecule has 0 saturated carbocycles. The number of hydrogen-bond acceptors (Lipinski definition) is 5. The van der Waals surface area contributed by atoms with Gasteiger partial charge in [-0.25, -0.2) is 4.79 Å². The Morgan fingerprint density at radius 2 is 1.77 bits per heavy atom. The highest BCUT2D eigenvalue weighted by molar-refractivity contribution is 9.11. The number of halogens is 2. The van der Waals surface area contributed by atoms with Gasteiger partial charge in [0.1, 0.15) is 10.5 Å². The molecule has 0 bridgehead atoms. The maximum atomic E-state index is 12.4. The molecule has 2 aromatic carbocycles. The monoisotopic (exact) mass is 448 g/mol. The zero-order chi connectivity index (χ0) is 16.3. The Labute approximate surface area is 144 Å². The van der Waals surface area contributed by atoms with Gasteiger partial charge in [-0.1, -0.05) is 28.1 Å². The highest BCUT2D eigenvalue weighted by atomic mass is 79.9. The summed E-state index contributed by atoms with van der Waals surface area (Å²) in [6, 6.07) is 10.5. The molecule has 0 N–H and O–H groups in total. The number of carbonyl (C=O) groups is 1. The van der Waals surface area contributed by atoms with Crippen LogP contribution in [0.3, 0.4) is 0 Å². The van der Waals surface area contributed by atoms with E-state index in [1.807, 2.05) is 0 Å². The summed E-state index contributed by atoms with van der Waals surface area (Å²) in [5, 5.41) is 0. The van der Waals surface area contributed by atoms with Gasteiger partial charge in [-0.2, -0.15) is 8.42 Å². The van der Waals surface area contributed by atoms with Gasteiger partial charge in [0.15, 0.2) is 5.75 Å². The number of carbonyl (C=O) groups excluding carboxylic acids is 1. The molecule has 0 aromatic heterocycles. The molecule has 0 aliphatic heterocycles. The Morgan fingerprint density at radius 1 is 1.09 bits per heavy atom. The molecule has 0 fully saturated rings. The van der Waals surface area contributed by atoms with Gasteiger partial charge < -0.3 is 8.92 Å². The van der Waals surface area contributed by atoms with Gasteiger partial charge in [-0.15, -0.1) is 0 Å². The summed E-state index contributed by atoms with van der Waals surface area (Å²) in [6.45, 7) is 0. The largest absolute Gasteiger partial charge is 0.465 e. The molecule has 0 aliphatic rings. The van der Waals surface area contributed by atoms with Gasteiger partial charge >= 0.3 is 16.1 Å². The lowest BCUT2D eigenvalue weighted by Crippen LogP contribution is -2.13. The maximum Gasteiger partial charge on any atom is 0.341 e. The average molecular weight is 450 g/mol. The number of benzene rings is 2. The first-order chi connectivity index (χ1) is 10.3. The third-order valence-electron chi connectivity index (χ3n) is 2.66. The molecule has 2 rings (SSSR count). The minimum Gasteiger partial charge on any atom is -0.465 e. The first-order valence-corrected chi connectivity index (χ1v) is 8.91. The van der Waals surface area contributed by atoms with E-state index >= 15 is 0 Å². The van der Waals surface area contributed by atoms with Crippen LogP contribution >= 0.6 is 31.9 Å². The summed E-state index contributed by atoms with van der Waals surface area (Å²) in [6.07, 6.45) is 0. The molecule has 116 valence electrons. The van der Waals surface area contributed by atoms with Crippen LogP contribution in [0.25, 0.3) is 0 Å². The molecule has 22 heavy (non-hydrogen) atoms. The Morgan fingerprint density at radius 3 is 2.41 bits per heavy atom. The van der Waals surface area contributed by atoms with Crippen LogP contribution in [0.1, 0.15) is 10.4 Å². The highest BCUT2D eigenvalue weighted by Crippen LogP contribution is 2.29. The number of rotatable bonds is 4. The first kappa shape index (κ1) is 17.0. The Hall–Kier alpha value is -1.38. The van der Waals surface area contributed by atoms with Gasteiger partial charge in [0.25, 0.3) is 0 Å². The van der Waals surface area contributed by atoms with Gasteiger partial charge in [-0.3, -0.25) is 0 Å². The predicted octanol–water partition coefficient (Wildman–Crippen LogP) is 3.77. The van der Waals surface area contributed by atoms with E-state index in [0.717, 1.165) is 0 Å². The molecule has 0 radical (unpaired) electrons. The number of ether oxygens (including phenoxy) is 1. The van der Waals surface area contributed by atoms with Crippen LogP contribution in [0.15, 0.2) is 56.3 Å². The van der Waals surface area contributed by atoms with E-state index in [2.05, 4.69) is 36.6 Å². The van der Waals surface area contributed by atoms with Crippen molar-refractivity contribution in [1.82, 2.24) is 0 Å². The third-order valence-corrected chi connectivity index (χ3v) is 5.36. The molecule has 0 aliphatic carbocycles. The summed E-state index contributed by atoms with van der Waals surface area (Å²) < 4.78 is 35.5. The minimum atomic E-state index is -4.10. The standard InChI is InChI=1S/C14H10Br2O5S/c1-20-14(17)10-4-2-3-5-12(10)21-22(18,19)13-7-6-9(15)8-11(13)16/h2-8H,1H3. The lowest BCUT2D eigenvalue weighted by Gasteiger charge is -2.11. The van der Waals surface area contributed by atoms with Crippen LogP contribution < -0.4 is 4.18 Å². The van der Waals surface area contributed by atoms with E-state index in [1.165, 1.54) is 25.3 Å². The number of esters is 1. The number of hydrogen-bond donors (Lipinski definition) is 0. The Balaban J connectivity index is 2.44. The number of methoxy groups -OCH3 is 1. The topological polar surface area (TPSA) is 69.7 Å². The van der Waals surface area contributed by atoms with E-state index in [0.29, 0.717) is 8.95 Å². The summed E-state index contributed by atoms with van der Waals surface area (Å²) in [7, 11) is -2.89. The number of para-hydroxylation sites is 1. The highest BCUT2D eigenvalue weighted by Gasteiger charge is 2.23. The molecule has 0 spiro atoms.